The Morgan fingerprint density at radius 1 is 1.35 bits per heavy atom. The van der Waals surface area contributed by atoms with Crippen LogP contribution in [0.25, 0.3) is 0 Å². The van der Waals surface area contributed by atoms with Crippen molar-refractivity contribution < 1.29 is 0 Å². The highest BCUT2D eigenvalue weighted by atomic mass is 79.9. The van der Waals surface area contributed by atoms with E-state index in [1.165, 1.54) is 0 Å². The van der Waals surface area contributed by atoms with Crippen molar-refractivity contribution in [3.05, 3.63) is 45.1 Å². The summed E-state index contributed by atoms with van der Waals surface area (Å²) in [6, 6.07) is 1.95. The average Bonchev–Trinajstić information content (AvgIpc) is 2.69. The predicted molar refractivity (Wildman–Crippen MR) is 73.7 cm³/mol. The fourth-order valence-electron chi connectivity index (χ4n) is 1.68. The van der Waals surface area contributed by atoms with E-state index < -0.39 is 0 Å². The van der Waals surface area contributed by atoms with Gasteiger partial charge in [-0.2, -0.15) is 0 Å². The maximum atomic E-state index is 4.44. The van der Waals surface area contributed by atoms with Gasteiger partial charge in [0.2, 0.25) is 0 Å². The van der Waals surface area contributed by atoms with Crippen molar-refractivity contribution in [3.63, 3.8) is 0 Å². The summed E-state index contributed by atoms with van der Waals surface area (Å²) in [5.74, 6) is 0.933. The van der Waals surface area contributed by atoms with Crippen molar-refractivity contribution in [2.75, 3.05) is 7.05 Å². The fraction of sp³-hybridized carbons (Fsp3) is 0.273. The van der Waals surface area contributed by atoms with Crippen LogP contribution in [0.1, 0.15) is 17.6 Å². The van der Waals surface area contributed by atoms with Crippen molar-refractivity contribution in [1.29, 1.82) is 0 Å². The Labute approximate surface area is 117 Å². The smallest absolute Gasteiger partial charge is 0.131 e. The van der Waals surface area contributed by atoms with Crippen LogP contribution in [0.5, 0.6) is 0 Å². The standard InChI is InChI=1S/C11H12Br2N4/c1-14-10(11-15-3-4-17(11)2)9-8(13)5-7(12)6-16-9/h3-6,10,14H,1-2H3. The first kappa shape index (κ1) is 12.7. The summed E-state index contributed by atoms with van der Waals surface area (Å²) < 4.78 is 3.88. The van der Waals surface area contributed by atoms with Gasteiger partial charge in [0.05, 0.1) is 5.69 Å². The van der Waals surface area contributed by atoms with Crippen LogP contribution in [0, 0.1) is 0 Å². The Morgan fingerprint density at radius 2 is 2.12 bits per heavy atom. The Bertz CT molecular complexity index is 524. The molecule has 0 aliphatic rings. The molecule has 2 aromatic rings. The highest BCUT2D eigenvalue weighted by Gasteiger charge is 2.20. The van der Waals surface area contributed by atoms with E-state index >= 15 is 0 Å². The SMILES string of the molecule is CNC(c1ncc(Br)cc1Br)c1nccn1C. The number of imidazole rings is 1. The van der Waals surface area contributed by atoms with Crippen LogP contribution in [0.3, 0.4) is 0 Å². The molecule has 0 amide bonds. The molecule has 6 heteroatoms. The van der Waals surface area contributed by atoms with E-state index in [4.69, 9.17) is 0 Å². The summed E-state index contributed by atoms with van der Waals surface area (Å²) in [4.78, 5) is 8.79. The van der Waals surface area contributed by atoms with Gasteiger partial charge < -0.3 is 9.88 Å². The van der Waals surface area contributed by atoms with Crippen LogP contribution in [0.4, 0.5) is 0 Å². The third kappa shape index (κ3) is 2.59. The minimum atomic E-state index is -0.0301. The Balaban J connectivity index is 2.46. The summed E-state index contributed by atoms with van der Waals surface area (Å²) in [5.41, 5.74) is 0.921. The first-order valence-electron chi connectivity index (χ1n) is 5.09. The number of aromatic nitrogens is 3. The Kier molecular flexibility index (Phi) is 3.96. The highest BCUT2D eigenvalue weighted by molar-refractivity contribution is 9.11. The van der Waals surface area contributed by atoms with E-state index in [1.54, 1.807) is 12.4 Å². The average molecular weight is 360 g/mol. The lowest BCUT2D eigenvalue weighted by Crippen LogP contribution is -2.22. The fourth-order valence-corrected chi connectivity index (χ4v) is 2.90. The summed E-state index contributed by atoms with van der Waals surface area (Å²) in [6.45, 7) is 0. The number of rotatable bonds is 3. The maximum Gasteiger partial charge on any atom is 0.131 e. The van der Waals surface area contributed by atoms with Crippen LogP contribution in [0.15, 0.2) is 33.6 Å². The monoisotopic (exact) mass is 358 g/mol. The van der Waals surface area contributed by atoms with Crippen LogP contribution in [0.2, 0.25) is 0 Å². The first-order valence-corrected chi connectivity index (χ1v) is 6.67. The van der Waals surface area contributed by atoms with Gasteiger partial charge in [-0.25, -0.2) is 4.98 Å². The summed E-state index contributed by atoms with van der Waals surface area (Å²) in [6.07, 6.45) is 5.49. The van der Waals surface area contributed by atoms with Gasteiger partial charge in [-0.3, -0.25) is 4.98 Å². The number of aryl methyl sites for hydroxylation is 1. The first-order chi connectivity index (χ1) is 8.13. The number of hydrogen-bond donors (Lipinski definition) is 1. The van der Waals surface area contributed by atoms with E-state index in [9.17, 15) is 0 Å². The van der Waals surface area contributed by atoms with Gasteiger partial charge in [-0.1, -0.05) is 0 Å². The summed E-state index contributed by atoms with van der Waals surface area (Å²) >= 11 is 6.93. The van der Waals surface area contributed by atoms with E-state index in [0.29, 0.717) is 0 Å². The molecule has 90 valence electrons. The van der Waals surface area contributed by atoms with Crippen molar-refractivity contribution in [2.45, 2.75) is 6.04 Å². The molecule has 0 saturated heterocycles. The van der Waals surface area contributed by atoms with E-state index in [1.807, 2.05) is 30.9 Å². The number of hydrogen-bond acceptors (Lipinski definition) is 3. The van der Waals surface area contributed by atoms with Crippen molar-refractivity contribution in [3.8, 4) is 0 Å². The van der Waals surface area contributed by atoms with Crippen LogP contribution < -0.4 is 5.32 Å². The normalized spacial score (nSPS) is 12.7. The Morgan fingerprint density at radius 3 is 2.65 bits per heavy atom. The van der Waals surface area contributed by atoms with Crippen molar-refractivity contribution >= 4 is 31.9 Å². The molecule has 1 unspecified atom stereocenters. The van der Waals surface area contributed by atoms with Gasteiger partial charge in [0, 0.05) is 34.6 Å². The zero-order chi connectivity index (χ0) is 12.4. The molecule has 0 aliphatic heterocycles. The van der Waals surface area contributed by atoms with Gasteiger partial charge in [-0.05, 0) is 45.0 Å². The minimum absolute atomic E-state index is 0.0301. The lowest BCUT2D eigenvalue weighted by molar-refractivity contribution is 0.600. The molecule has 17 heavy (non-hydrogen) atoms. The summed E-state index contributed by atoms with van der Waals surface area (Å²) in [5, 5.41) is 3.23. The van der Waals surface area contributed by atoms with Crippen LogP contribution >= 0.6 is 31.9 Å². The van der Waals surface area contributed by atoms with Crippen LogP contribution in [-0.4, -0.2) is 21.6 Å². The number of nitrogens with one attached hydrogen (secondary N) is 1. The molecular formula is C11H12Br2N4. The molecule has 0 saturated carbocycles. The molecule has 2 aromatic heterocycles. The molecule has 2 heterocycles. The lowest BCUT2D eigenvalue weighted by atomic mass is 10.2. The molecule has 2 rings (SSSR count). The molecular weight excluding hydrogens is 348 g/mol. The second-order valence-corrected chi connectivity index (χ2v) is 5.41. The van der Waals surface area contributed by atoms with Gasteiger partial charge in [0.25, 0.3) is 0 Å². The van der Waals surface area contributed by atoms with E-state index in [-0.39, 0.29) is 6.04 Å². The molecule has 0 aromatic carbocycles. The molecule has 0 fully saturated rings. The number of nitrogens with zero attached hydrogens (tertiary/aromatic N) is 3. The van der Waals surface area contributed by atoms with Crippen LogP contribution in [-0.2, 0) is 7.05 Å². The number of halogens is 2. The highest BCUT2D eigenvalue weighted by Crippen LogP contribution is 2.27. The van der Waals surface area contributed by atoms with Gasteiger partial charge >= 0.3 is 0 Å². The van der Waals surface area contributed by atoms with Gasteiger partial charge in [0.15, 0.2) is 0 Å². The third-order valence-corrected chi connectivity index (χ3v) is 3.58. The molecule has 4 nitrogen and oxygen atoms in total. The van der Waals surface area contributed by atoms with E-state index in [2.05, 4.69) is 47.1 Å². The molecule has 1 atom stereocenters. The summed E-state index contributed by atoms with van der Waals surface area (Å²) in [7, 11) is 3.87. The molecule has 0 aliphatic carbocycles. The molecule has 1 N–H and O–H groups in total. The topological polar surface area (TPSA) is 42.7 Å². The van der Waals surface area contributed by atoms with Gasteiger partial charge in [0.1, 0.15) is 11.9 Å². The number of pyridine rings is 1. The molecule has 0 spiro atoms. The maximum absolute atomic E-state index is 4.44. The predicted octanol–water partition coefficient (Wildman–Crippen LogP) is 2.65. The minimum Gasteiger partial charge on any atom is -0.336 e. The largest absolute Gasteiger partial charge is 0.336 e. The van der Waals surface area contributed by atoms with Gasteiger partial charge in [-0.15, -0.1) is 0 Å². The molecule has 0 bridgehead atoms. The quantitative estimate of drug-likeness (QED) is 0.916. The van der Waals surface area contributed by atoms with Crippen molar-refractivity contribution in [1.82, 2.24) is 19.9 Å². The lowest BCUT2D eigenvalue weighted by Gasteiger charge is -2.16. The van der Waals surface area contributed by atoms with Crippen molar-refractivity contribution in [2.24, 2.45) is 7.05 Å². The third-order valence-electron chi connectivity index (χ3n) is 2.52. The zero-order valence-electron chi connectivity index (χ0n) is 9.48. The second kappa shape index (κ2) is 5.29. The zero-order valence-corrected chi connectivity index (χ0v) is 12.7. The Hall–Kier alpha value is -0.720. The van der Waals surface area contributed by atoms with E-state index in [0.717, 1.165) is 20.5 Å². The second-order valence-electron chi connectivity index (χ2n) is 3.64. The molecule has 0 radical (unpaired) electrons.